The molecular formula is C27H24N2O3S. The summed E-state index contributed by atoms with van der Waals surface area (Å²) in [6.07, 6.45) is 2.44. The molecule has 4 rings (SSSR count). The molecule has 1 N–H and O–H groups in total. The number of nitrogens with zero attached hydrogens (tertiary/aromatic N) is 1. The number of hydrogen-bond donors (Lipinski definition) is 1. The Morgan fingerprint density at radius 1 is 0.939 bits per heavy atom. The van der Waals surface area contributed by atoms with Gasteiger partial charge in [-0.25, -0.2) is 0 Å². The van der Waals surface area contributed by atoms with Gasteiger partial charge in [0.05, 0.1) is 5.69 Å². The first kappa shape index (κ1) is 22.4. The number of hydrogen-bond acceptors (Lipinski definition) is 4. The molecule has 0 unspecified atom stereocenters. The number of amides is 2. The number of carbonyl (C=O) groups excluding carboxylic acids is 2. The Morgan fingerprint density at radius 2 is 1.61 bits per heavy atom. The van der Waals surface area contributed by atoms with Crippen LogP contribution in [0.4, 0.5) is 5.69 Å². The zero-order chi connectivity index (χ0) is 23.4. The molecule has 3 aromatic rings. The minimum Gasteiger partial charge on any atom is -0.488 e. The number of ether oxygens (including phenoxy) is 1. The molecule has 1 saturated heterocycles. The van der Waals surface area contributed by atoms with Crippen LogP contribution >= 0.6 is 12.2 Å². The van der Waals surface area contributed by atoms with E-state index in [0.717, 1.165) is 17.5 Å². The van der Waals surface area contributed by atoms with Gasteiger partial charge in [-0.05, 0) is 61.0 Å². The standard InChI is InChI=1S/C27H24N2O3S/c1-3-19-12-14-22(15-13-19)29-26(31)23(25(30)28-27(29)33)16-21-6-4-5-7-24(21)32-17-20-10-8-18(2)9-11-20/h4-16H,3,17H2,1-2H3,(H,28,30,33). The summed E-state index contributed by atoms with van der Waals surface area (Å²) in [6, 6.07) is 22.9. The van der Waals surface area contributed by atoms with Gasteiger partial charge >= 0.3 is 0 Å². The Morgan fingerprint density at radius 3 is 2.30 bits per heavy atom. The highest BCUT2D eigenvalue weighted by Crippen LogP contribution is 2.26. The van der Waals surface area contributed by atoms with Crippen molar-refractivity contribution in [3.8, 4) is 5.75 Å². The highest BCUT2D eigenvalue weighted by atomic mass is 32.1. The largest absolute Gasteiger partial charge is 0.488 e. The molecule has 1 heterocycles. The van der Waals surface area contributed by atoms with Crippen molar-refractivity contribution in [3.05, 3.63) is 101 Å². The van der Waals surface area contributed by atoms with Gasteiger partial charge in [-0.1, -0.05) is 67.1 Å². The van der Waals surface area contributed by atoms with Gasteiger partial charge in [-0.3, -0.25) is 19.8 Å². The average Bonchev–Trinajstić information content (AvgIpc) is 2.82. The summed E-state index contributed by atoms with van der Waals surface area (Å²) in [4.78, 5) is 27.3. The fraction of sp³-hybridized carbons (Fsp3) is 0.148. The van der Waals surface area contributed by atoms with E-state index >= 15 is 0 Å². The zero-order valence-corrected chi connectivity index (χ0v) is 19.3. The van der Waals surface area contributed by atoms with E-state index in [1.165, 1.54) is 10.5 Å². The third-order valence-corrected chi connectivity index (χ3v) is 5.72. The van der Waals surface area contributed by atoms with Gasteiger partial charge in [0.2, 0.25) is 0 Å². The first-order valence-corrected chi connectivity index (χ1v) is 11.1. The monoisotopic (exact) mass is 456 g/mol. The quantitative estimate of drug-likeness (QED) is 0.323. The highest BCUT2D eigenvalue weighted by molar-refractivity contribution is 7.80. The van der Waals surface area contributed by atoms with E-state index in [1.807, 2.05) is 79.7 Å². The van der Waals surface area contributed by atoms with E-state index in [0.29, 0.717) is 23.6 Å². The molecule has 3 aromatic carbocycles. The highest BCUT2D eigenvalue weighted by Gasteiger charge is 2.34. The smallest absolute Gasteiger partial charge is 0.270 e. The molecule has 2 amide bonds. The van der Waals surface area contributed by atoms with Gasteiger partial charge in [-0.2, -0.15) is 0 Å². The Balaban J connectivity index is 1.62. The van der Waals surface area contributed by atoms with Crippen LogP contribution in [0.2, 0.25) is 0 Å². The van der Waals surface area contributed by atoms with Crippen LogP contribution in [0.5, 0.6) is 5.75 Å². The fourth-order valence-electron chi connectivity index (χ4n) is 3.50. The van der Waals surface area contributed by atoms with Crippen LogP contribution in [-0.2, 0) is 22.6 Å². The predicted octanol–water partition coefficient (Wildman–Crippen LogP) is 4.97. The molecular weight excluding hydrogens is 432 g/mol. The molecule has 166 valence electrons. The number of thiocarbonyl (C=S) groups is 1. The molecule has 0 radical (unpaired) electrons. The lowest BCUT2D eigenvalue weighted by atomic mass is 10.1. The van der Waals surface area contributed by atoms with Gasteiger partial charge in [-0.15, -0.1) is 0 Å². The van der Waals surface area contributed by atoms with Gasteiger partial charge in [0.1, 0.15) is 17.9 Å². The van der Waals surface area contributed by atoms with Crippen LogP contribution in [0.1, 0.15) is 29.2 Å². The van der Waals surface area contributed by atoms with E-state index < -0.39 is 11.8 Å². The maximum Gasteiger partial charge on any atom is 0.270 e. The SMILES string of the molecule is CCc1ccc(N2C(=O)C(=Cc3ccccc3OCc3ccc(C)cc3)C(=O)NC2=S)cc1. The lowest BCUT2D eigenvalue weighted by molar-refractivity contribution is -0.122. The molecule has 0 saturated carbocycles. The summed E-state index contributed by atoms with van der Waals surface area (Å²) < 4.78 is 6.01. The second kappa shape index (κ2) is 9.79. The normalized spacial score (nSPS) is 15.0. The van der Waals surface area contributed by atoms with Crippen LogP contribution in [0.15, 0.2) is 78.4 Å². The molecule has 5 nitrogen and oxygen atoms in total. The van der Waals surface area contributed by atoms with E-state index in [-0.39, 0.29) is 10.7 Å². The van der Waals surface area contributed by atoms with Crippen LogP contribution in [0, 0.1) is 6.92 Å². The molecule has 33 heavy (non-hydrogen) atoms. The van der Waals surface area contributed by atoms with Crippen LogP contribution < -0.4 is 15.0 Å². The second-order valence-electron chi connectivity index (χ2n) is 7.79. The minimum atomic E-state index is -0.528. The van der Waals surface area contributed by atoms with Crippen molar-refractivity contribution in [3.63, 3.8) is 0 Å². The summed E-state index contributed by atoms with van der Waals surface area (Å²) >= 11 is 5.29. The minimum absolute atomic E-state index is 0.00504. The predicted molar refractivity (Wildman–Crippen MR) is 134 cm³/mol. The number of aryl methyl sites for hydroxylation is 2. The topological polar surface area (TPSA) is 58.6 Å². The van der Waals surface area contributed by atoms with Gasteiger partial charge in [0.15, 0.2) is 5.11 Å². The number of benzene rings is 3. The van der Waals surface area contributed by atoms with Crippen molar-refractivity contribution in [2.45, 2.75) is 26.9 Å². The summed E-state index contributed by atoms with van der Waals surface area (Å²) in [7, 11) is 0. The molecule has 0 spiro atoms. The lowest BCUT2D eigenvalue weighted by Crippen LogP contribution is -2.54. The van der Waals surface area contributed by atoms with Crippen molar-refractivity contribution in [1.82, 2.24) is 5.32 Å². The molecule has 1 aliphatic rings. The average molecular weight is 457 g/mol. The fourth-order valence-corrected chi connectivity index (χ4v) is 3.79. The van der Waals surface area contributed by atoms with Crippen LogP contribution in [0.25, 0.3) is 6.08 Å². The van der Waals surface area contributed by atoms with Crippen LogP contribution in [-0.4, -0.2) is 16.9 Å². The molecule has 0 bridgehead atoms. The van der Waals surface area contributed by atoms with E-state index in [9.17, 15) is 9.59 Å². The summed E-state index contributed by atoms with van der Waals surface area (Å²) in [6.45, 7) is 4.47. The molecule has 0 aromatic heterocycles. The lowest BCUT2D eigenvalue weighted by Gasteiger charge is -2.29. The van der Waals surface area contributed by atoms with Gasteiger partial charge in [0.25, 0.3) is 11.8 Å². The van der Waals surface area contributed by atoms with Crippen LogP contribution in [0.3, 0.4) is 0 Å². The summed E-state index contributed by atoms with van der Waals surface area (Å²) in [5.74, 6) is -0.417. The Kier molecular flexibility index (Phi) is 6.66. The molecule has 1 fully saturated rings. The van der Waals surface area contributed by atoms with Crippen molar-refractivity contribution in [2.24, 2.45) is 0 Å². The number of anilines is 1. The Hall–Kier alpha value is -3.77. The van der Waals surface area contributed by atoms with Gasteiger partial charge in [0, 0.05) is 5.56 Å². The third-order valence-electron chi connectivity index (χ3n) is 5.44. The van der Waals surface area contributed by atoms with E-state index in [1.54, 1.807) is 6.08 Å². The Labute approximate surface area is 198 Å². The molecule has 6 heteroatoms. The Bertz CT molecular complexity index is 1230. The number of carbonyl (C=O) groups is 2. The van der Waals surface area contributed by atoms with Crippen molar-refractivity contribution >= 4 is 40.9 Å². The van der Waals surface area contributed by atoms with Gasteiger partial charge < -0.3 is 4.74 Å². The maximum atomic E-state index is 13.3. The number of para-hydroxylation sites is 1. The first-order valence-electron chi connectivity index (χ1n) is 10.7. The zero-order valence-electron chi connectivity index (χ0n) is 18.5. The maximum absolute atomic E-state index is 13.3. The van der Waals surface area contributed by atoms with E-state index in [4.69, 9.17) is 17.0 Å². The summed E-state index contributed by atoms with van der Waals surface area (Å²) in [5.41, 5.74) is 4.59. The third kappa shape index (κ3) is 5.02. The molecule has 1 aliphatic heterocycles. The van der Waals surface area contributed by atoms with E-state index in [2.05, 4.69) is 12.2 Å². The van der Waals surface area contributed by atoms with Crippen molar-refractivity contribution < 1.29 is 14.3 Å². The molecule has 0 atom stereocenters. The summed E-state index contributed by atoms with van der Waals surface area (Å²) in [5, 5.41) is 2.69. The van der Waals surface area contributed by atoms with Crippen molar-refractivity contribution in [1.29, 1.82) is 0 Å². The number of nitrogens with one attached hydrogen (secondary N) is 1. The van der Waals surface area contributed by atoms with Crippen molar-refractivity contribution in [2.75, 3.05) is 4.90 Å². The second-order valence-corrected chi connectivity index (χ2v) is 8.18. The number of rotatable bonds is 6. The molecule has 0 aliphatic carbocycles. The first-order chi connectivity index (χ1) is 16.0.